The summed E-state index contributed by atoms with van der Waals surface area (Å²) in [4.78, 5) is 19.0. The standard InChI is InChI=1S/C20H18F3N3O2S/c1-12-6-7-15-17(8-12)29-19(25-15)26-10-14(11-26)18(27)24-9-13-4-2-3-5-16(13)28-20(21,22)23/h2-8,14H,9-11H2,1H3,(H,24,27). The summed E-state index contributed by atoms with van der Waals surface area (Å²) in [6.45, 7) is 3.07. The third-order valence-electron chi connectivity index (χ3n) is 4.71. The van der Waals surface area contributed by atoms with Crippen LogP contribution in [0.3, 0.4) is 0 Å². The van der Waals surface area contributed by atoms with Gasteiger partial charge in [-0.25, -0.2) is 4.98 Å². The summed E-state index contributed by atoms with van der Waals surface area (Å²) in [5.41, 5.74) is 2.38. The first-order chi connectivity index (χ1) is 13.8. The number of carbonyl (C=O) groups excluding carboxylic acids is 1. The largest absolute Gasteiger partial charge is 0.573 e. The molecule has 0 radical (unpaired) electrons. The van der Waals surface area contributed by atoms with Crippen molar-refractivity contribution < 1.29 is 22.7 Å². The molecule has 1 saturated heterocycles. The van der Waals surface area contributed by atoms with Crippen molar-refractivity contribution >= 4 is 32.6 Å². The average molecular weight is 421 g/mol. The fourth-order valence-electron chi connectivity index (χ4n) is 3.16. The number of thiazole rings is 1. The number of carbonyl (C=O) groups is 1. The van der Waals surface area contributed by atoms with Crippen molar-refractivity contribution in [2.45, 2.75) is 19.8 Å². The number of anilines is 1. The third kappa shape index (κ3) is 4.45. The number of benzene rings is 2. The molecule has 1 aliphatic heterocycles. The van der Waals surface area contributed by atoms with Crippen LogP contribution in [0.4, 0.5) is 18.3 Å². The number of rotatable bonds is 5. The summed E-state index contributed by atoms with van der Waals surface area (Å²) < 4.78 is 42.6. The van der Waals surface area contributed by atoms with Gasteiger partial charge >= 0.3 is 6.36 Å². The van der Waals surface area contributed by atoms with Crippen LogP contribution in [0.25, 0.3) is 10.2 Å². The van der Waals surface area contributed by atoms with Crippen molar-refractivity contribution in [1.82, 2.24) is 10.3 Å². The maximum absolute atomic E-state index is 12.5. The van der Waals surface area contributed by atoms with E-state index in [1.807, 2.05) is 24.0 Å². The van der Waals surface area contributed by atoms with E-state index in [0.29, 0.717) is 13.1 Å². The molecule has 9 heteroatoms. The predicted molar refractivity (Wildman–Crippen MR) is 105 cm³/mol. The maximum atomic E-state index is 12.5. The van der Waals surface area contributed by atoms with Crippen molar-refractivity contribution in [2.24, 2.45) is 5.92 Å². The Morgan fingerprint density at radius 3 is 2.79 bits per heavy atom. The van der Waals surface area contributed by atoms with E-state index in [-0.39, 0.29) is 29.7 Å². The van der Waals surface area contributed by atoms with Crippen molar-refractivity contribution in [1.29, 1.82) is 0 Å². The van der Waals surface area contributed by atoms with Crippen LogP contribution in [0.5, 0.6) is 5.75 Å². The van der Waals surface area contributed by atoms with Gasteiger partial charge in [-0.1, -0.05) is 35.6 Å². The molecule has 1 fully saturated rings. The third-order valence-corrected chi connectivity index (χ3v) is 5.79. The van der Waals surface area contributed by atoms with Crippen LogP contribution in [0.15, 0.2) is 42.5 Å². The normalized spacial score (nSPS) is 14.7. The summed E-state index contributed by atoms with van der Waals surface area (Å²) in [5, 5.41) is 3.58. The fourth-order valence-corrected chi connectivity index (χ4v) is 4.24. The number of nitrogens with one attached hydrogen (secondary N) is 1. The van der Waals surface area contributed by atoms with Crippen molar-refractivity contribution in [3.63, 3.8) is 0 Å². The molecule has 1 aliphatic rings. The second-order valence-electron chi connectivity index (χ2n) is 6.94. The van der Waals surface area contributed by atoms with Gasteiger partial charge in [-0.2, -0.15) is 0 Å². The summed E-state index contributed by atoms with van der Waals surface area (Å²) in [6.07, 6.45) is -4.77. The van der Waals surface area contributed by atoms with Gasteiger partial charge in [0.25, 0.3) is 0 Å². The molecule has 1 aromatic heterocycles. The summed E-state index contributed by atoms with van der Waals surface area (Å²) in [5.74, 6) is -0.722. The summed E-state index contributed by atoms with van der Waals surface area (Å²) >= 11 is 1.59. The topological polar surface area (TPSA) is 54.5 Å². The van der Waals surface area contributed by atoms with E-state index in [4.69, 9.17) is 0 Å². The molecule has 2 aromatic carbocycles. The average Bonchev–Trinajstić information content (AvgIpc) is 3.00. The van der Waals surface area contributed by atoms with Gasteiger partial charge in [0, 0.05) is 25.2 Å². The number of halogens is 3. The highest BCUT2D eigenvalue weighted by Crippen LogP contribution is 2.33. The number of nitrogens with zero attached hydrogens (tertiary/aromatic N) is 2. The van der Waals surface area contributed by atoms with Crippen LogP contribution < -0.4 is 15.0 Å². The number of ether oxygens (including phenoxy) is 1. The van der Waals surface area contributed by atoms with E-state index in [9.17, 15) is 18.0 Å². The molecule has 0 aliphatic carbocycles. The Bertz CT molecular complexity index is 1040. The number of aromatic nitrogens is 1. The van der Waals surface area contributed by atoms with E-state index >= 15 is 0 Å². The lowest BCUT2D eigenvalue weighted by molar-refractivity contribution is -0.274. The highest BCUT2D eigenvalue weighted by Gasteiger charge is 2.35. The minimum atomic E-state index is -4.77. The van der Waals surface area contributed by atoms with Gasteiger partial charge in [0.05, 0.1) is 16.1 Å². The Morgan fingerprint density at radius 2 is 2.03 bits per heavy atom. The van der Waals surface area contributed by atoms with Gasteiger partial charge < -0.3 is 15.0 Å². The SMILES string of the molecule is Cc1ccc2nc(N3CC(C(=O)NCc4ccccc4OC(F)(F)F)C3)sc2c1. The Balaban J connectivity index is 1.33. The molecule has 0 unspecified atom stereocenters. The first-order valence-electron chi connectivity index (χ1n) is 9.02. The summed E-state index contributed by atoms with van der Waals surface area (Å²) in [6, 6.07) is 11.9. The molecule has 5 nitrogen and oxygen atoms in total. The number of hydrogen-bond acceptors (Lipinski definition) is 5. The molecule has 3 aromatic rings. The Kier molecular flexibility index (Phi) is 5.08. The molecular formula is C20H18F3N3O2S. The Labute approximate surface area is 169 Å². The Morgan fingerprint density at radius 1 is 1.28 bits per heavy atom. The number of fused-ring (bicyclic) bond motifs is 1. The van der Waals surface area contributed by atoms with Crippen molar-refractivity contribution in [3.05, 3.63) is 53.6 Å². The lowest BCUT2D eigenvalue weighted by atomic mass is 10.00. The van der Waals surface area contributed by atoms with Crippen LogP contribution >= 0.6 is 11.3 Å². The monoisotopic (exact) mass is 421 g/mol. The van der Waals surface area contributed by atoms with E-state index < -0.39 is 6.36 Å². The minimum absolute atomic E-state index is 0.0258. The van der Waals surface area contributed by atoms with Crippen LogP contribution in [-0.4, -0.2) is 30.3 Å². The maximum Gasteiger partial charge on any atom is 0.573 e. The van der Waals surface area contributed by atoms with Crippen LogP contribution in [0.1, 0.15) is 11.1 Å². The first kappa shape index (κ1) is 19.5. The van der Waals surface area contributed by atoms with Gasteiger partial charge in [0.1, 0.15) is 5.75 Å². The van der Waals surface area contributed by atoms with E-state index in [2.05, 4.69) is 21.1 Å². The van der Waals surface area contributed by atoms with Crippen LogP contribution in [-0.2, 0) is 11.3 Å². The fraction of sp³-hybridized carbons (Fsp3) is 0.300. The van der Waals surface area contributed by atoms with Crippen LogP contribution in [0, 0.1) is 12.8 Å². The second kappa shape index (κ2) is 7.55. The smallest absolute Gasteiger partial charge is 0.405 e. The molecule has 0 atom stereocenters. The number of amides is 1. The number of aryl methyl sites for hydroxylation is 1. The number of alkyl halides is 3. The molecule has 0 bridgehead atoms. The first-order valence-corrected chi connectivity index (χ1v) is 9.84. The zero-order valence-electron chi connectivity index (χ0n) is 15.5. The Hall–Kier alpha value is -2.81. The van der Waals surface area contributed by atoms with Gasteiger partial charge in [-0.3, -0.25) is 4.79 Å². The molecule has 152 valence electrons. The molecule has 1 amide bonds. The zero-order valence-corrected chi connectivity index (χ0v) is 16.3. The highest BCUT2D eigenvalue weighted by atomic mass is 32.1. The lowest BCUT2D eigenvalue weighted by Gasteiger charge is -2.38. The highest BCUT2D eigenvalue weighted by molar-refractivity contribution is 7.22. The van der Waals surface area contributed by atoms with E-state index in [0.717, 1.165) is 15.3 Å². The molecule has 0 spiro atoms. The summed E-state index contributed by atoms with van der Waals surface area (Å²) in [7, 11) is 0. The number of para-hydroxylation sites is 1. The van der Waals surface area contributed by atoms with Crippen molar-refractivity contribution in [3.8, 4) is 5.75 Å². The molecule has 29 heavy (non-hydrogen) atoms. The quantitative estimate of drug-likeness (QED) is 0.669. The molecule has 1 N–H and O–H groups in total. The van der Waals surface area contributed by atoms with Gasteiger partial charge in [-0.15, -0.1) is 13.2 Å². The van der Waals surface area contributed by atoms with Crippen LogP contribution in [0.2, 0.25) is 0 Å². The zero-order chi connectivity index (χ0) is 20.6. The lowest BCUT2D eigenvalue weighted by Crippen LogP contribution is -2.53. The molecule has 4 rings (SSSR count). The minimum Gasteiger partial charge on any atom is -0.405 e. The van der Waals surface area contributed by atoms with Gasteiger partial charge in [-0.05, 0) is 30.7 Å². The second-order valence-corrected chi connectivity index (χ2v) is 7.95. The van der Waals surface area contributed by atoms with E-state index in [1.54, 1.807) is 17.4 Å². The van der Waals surface area contributed by atoms with Crippen molar-refractivity contribution in [2.75, 3.05) is 18.0 Å². The predicted octanol–water partition coefficient (Wildman–Crippen LogP) is 4.26. The van der Waals surface area contributed by atoms with Gasteiger partial charge in [0.15, 0.2) is 5.13 Å². The molecule has 0 saturated carbocycles. The molecular weight excluding hydrogens is 403 g/mol. The number of hydrogen-bond donors (Lipinski definition) is 1. The van der Waals surface area contributed by atoms with E-state index in [1.165, 1.54) is 23.8 Å². The van der Waals surface area contributed by atoms with Gasteiger partial charge in [0.2, 0.25) is 5.91 Å². The molecule has 2 heterocycles.